The Morgan fingerprint density at radius 2 is 2.11 bits per heavy atom. The maximum absolute atomic E-state index is 11.7. The van der Waals surface area contributed by atoms with Gasteiger partial charge in [0, 0.05) is 11.6 Å². The molecule has 0 saturated heterocycles. The normalized spacial score (nSPS) is 10.2. The molecule has 0 atom stereocenters. The van der Waals surface area contributed by atoms with E-state index in [4.69, 9.17) is 11.6 Å². The quantitative estimate of drug-likeness (QED) is 0.659. The molecule has 0 fully saturated rings. The fourth-order valence-corrected chi connectivity index (χ4v) is 1.52. The van der Waals surface area contributed by atoms with Gasteiger partial charge in [0.25, 0.3) is 5.91 Å². The van der Waals surface area contributed by atoms with E-state index < -0.39 is 10.8 Å². The van der Waals surface area contributed by atoms with Crippen LogP contribution in [0.25, 0.3) is 0 Å². The minimum absolute atomic E-state index is 0.0272. The van der Waals surface area contributed by atoms with Crippen molar-refractivity contribution in [2.45, 2.75) is 6.54 Å². The minimum atomic E-state index is -0.650. The SMILES string of the molecule is O=C(NCc1ccc(Cl)cc1)c1cc([N+](=O)[O-])[nH]n1. The molecular weight excluding hydrogens is 272 g/mol. The molecule has 1 heterocycles. The molecule has 19 heavy (non-hydrogen) atoms. The third-order valence-electron chi connectivity index (χ3n) is 2.36. The van der Waals surface area contributed by atoms with Gasteiger partial charge in [-0.3, -0.25) is 4.79 Å². The van der Waals surface area contributed by atoms with E-state index in [1.54, 1.807) is 24.3 Å². The van der Waals surface area contributed by atoms with Crippen LogP contribution in [0.1, 0.15) is 16.1 Å². The first kappa shape index (κ1) is 13.0. The zero-order chi connectivity index (χ0) is 13.8. The van der Waals surface area contributed by atoms with Crippen LogP contribution >= 0.6 is 11.6 Å². The fraction of sp³-hybridized carbons (Fsp3) is 0.0909. The minimum Gasteiger partial charge on any atom is -0.358 e. The summed E-state index contributed by atoms with van der Waals surface area (Å²) in [5, 5.41) is 19.4. The second-order valence-corrected chi connectivity index (χ2v) is 4.14. The Morgan fingerprint density at radius 3 is 2.68 bits per heavy atom. The number of nitrogens with one attached hydrogen (secondary N) is 2. The van der Waals surface area contributed by atoms with E-state index in [2.05, 4.69) is 15.5 Å². The maximum atomic E-state index is 11.7. The number of amides is 1. The lowest BCUT2D eigenvalue weighted by atomic mass is 10.2. The highest BCUT2D eigenvalue weighted by Crippen LogP contribution is 2.10. The summed E-state index contributed by atoms with van der Waals surface area (Å²) < 4.78 is 0. The van der Waals surface area contributed by atoms with Crippen molar-refractivity contribution in [3.63, 3.8) is 0 Å². The molecule has 0 aliphatic heterocycles. The van der Waals surface area contributed by atoms with E-state index in [1.807, 2.05) is 0 Å². The third-order valence-corrected chi connectivity index (χ3v) is 2.61. The summed E-state index contributed by atoms with van der Waals surface area (Å²) in [6.45, 7) is 0.288. The predicted octanol–water partition coefficient (Wildman–Crippen LogP) is 1.90. The highest BCUT2D eigenvalue weighted by atomic mass is 35.5. The summed E-state index contributed by atoms with van der Waals surface area (Å²) in [5.74, 6) is -0.809. The summed E-state index contributed by atoms with van der Waals surface area (Å²) in [6, 6.07) is 8.05. The van der Waals surface area contributed by atoms with Crippen LogP contribution in [0.15, 0.2) is 30.3 Å². The molecule has 2 rings (SSSR count). The molecule has 1 aromatic carbocycles. The van der Waals surface area contributed by atoms with Gasteiger partial charge in [-0.15, -0.1) is 5.10 Å². The molecule has 0 unspecified atom stereocenters. The molecule has 98 valence electrons. The highest BCUT2D eigenvalue weighted by Gasteiger charge is 2.15. The van der Waals surface area contributed by atoms with Gasteiger partial charge >= 0.3 is 5.82 Å². The van der Waals surface area contributed by atoms with Crippen molar-refractivity contribution >= 4 is 23.3 Å². The van der Waals surface area contributed by atoms with Crippen molar-refractivity contribution in [1.82, 2.24) is 15.5 Å². The van der Waals surface area contributed by atoms with Gasteiger partial charge < -0.3 is 15.4 Å². The van der Waals surface area contributed by atoms with Crippen LogP contribution in [0.2, 0.25) is 5.02 Å². The lowest BCUT2D eigenvalue weighted by Gasteiger charge is -2.02. The van der Waals surface area contributed by atoms with Crippen molar-refractivity contribution < 1.29 is 9.72 Å². The second kappa shape index (κ2) is 5.49. The first-order chi connectivity index (χ1) is 9.06. The number of H-pyrrole nitrogens is 1. The van der Waals surface area contributed by atoms with E-state index in [-0.39, 0.29) is 18.1 Å². The van der Waals surface area contributed by atoms with Crippen LogP contribution < -0.4 is 5.32 Å². The average Bonchev–Trinajstić information content (AvgIpc) is 2.87. The molecule has 2 N–H and O–H groups in total. The molecule has 0 aliphatic carbocycles. The van der Waals surface area contributed by atoms with Crippen LogP contribution in [0.3, 0.4) is 0 Å². The van der Waals surface area contributed by atoms with Gasteiger partial charge in [-0.1, -0.05) is 28.8 Å². The lowest BCUT2D eigenvalue weighted by molar-refractivity contribution is -0.389. The molecule has 8 heteroatoms. The monoisotopic (exact) mass is 280 g/mol. The summed E-state index contributed by atoms with van der Waals surface area (Å²) >= 11 is 5.74. The summed E-state index contributed by atoms with van der Waals surface area (Å²) in [5.41, 5.74) is 0.837. The topological polar surface area (TPSA) is 101 Å². The van der Waals surface area contributed by atoms with E-state index in [0.29, 0.717) is 5.02 Å². The van der Waals surface area contributed by atoms with Gasteiger partial charge in [0.1, 0.15) is 0 Å². The van der Waals surface area contributed by atoms with Crippen LogP contribution in [0, 0.1) is 10.1 Å². The number of carbonyl (C=O) groups excluding carboxylic acids is 1. The number of hydrogen-bond acceptors (Lipinski definition) is 4. The van der Waals surface area contributed by atoms with Crippen molar-refractivity contribution in [1.29, 1.82) is 0 Å². The summed E-state index contributed by atoms with van der Waals surface area (Å²) in [6.07, 6.45) is 0. The molecule has 2 aromatic rings. The number of benzene rings is 1. The van der Waals surface area contributed by atoms with Crippen molar-refractivity contribution in [2.75, 3.05) is 0 Å². The van der Waals surface area contributed by atoms with E-state index in [0.717, 1.165) is 11.6 Å². The highest BCUT2D eigenvalue weighted by molar-refractivity contribution is 6.30. The Morgan fingerprint density at radius 1 is 1.42 bits per heavy atom. The average molecular weight is 281 g/mol. The number of halogens is 1. The Hall–Kier alpha value is -2.41. The number of nitro groups is 1. The third kappa shape index (κ3) is 3.29. The molecule has 0 spiro atoms. The van der Waals surface area contributed by atoms with Crippen LogP contribution in [-0.4, -0.2) is 21.0 Å². The van der Waals surface area contributed by atoms with Crippen LogP contribution in [0.5, 0.6) is 0 Å². The first-order valence-corrected chi connectivity index (χ1v) is 5.66. The smallest absolute Gasteiger partial charge is 0.343 e. The molecule has 1 amide bonds. The molecule has 0 aliphatic rings. The standard InChI is InChI=1S/C11H9ClN4O3/c12-8-3-1-7(2-4-8)6-13-11(17)9-5-10(15-14-9)16(18)19/h1-5H,6H2,(H,13,17)(H,14,15). The number of rotatable bonds is 4. The van der Waals surface area contributed by atoms with Crippen molar-refractivity contribution in [2.24, 2.45) is 0 Å². The predicted molar refractivity (Wildman–Crippen MR) is 67.9 cm³/mol. The largest absolute Gasteiger partial charge is 0.358 e. The van der Waals surface area contributed by atoms with Crippen molar-refractivity contribution in [3.05, 3.63) is 56.7 Å². The van der Waals surface area contributed by atoms with Crippen LogP contribution in [-0.2, 0) is 6.54 Å². The van der Waals surface area contributed by atoms with Crippen molar-refractivity contribution in [3.8, 4) is 0 Å². The lowest BCUT2D eigenvalue weighted by Crippen LogP contribution is -2.23. The molecule has 0 saturated carbocycles. The summed E-state index contributed by atoms with van der Waals surface area (Å²) in [7, 11) is 0. The van der Waals surface area contributed by atoms with E-state index in [1.165, 1.54) is 0 Å². The van der Waals surface area contributed by atoms with Crippen LogP contribution in [0.4, 0.5) is 5.82 Å². The summed E-state index contributed by atoms with van der Waals surface area (Å²) in [4.78, 5) is 21.5. The Kier molecular flexibility index (Phi) is 3.76. The molecular formula is C11H9ClN4O3. The van der Waals surface area contributed by atoms with E-state index in [9.17, 15) is 14.9 Å². The molecule has 0 bridgehead atoms. The first-order valence-electron chi connectivity index (χ1n) is 5.28. The molecule has 0 radical (unpaired) electrons. The zero-order valence-corrected chi connectivity index (χ0v) is 10.3. The fourth-order valence-electron chi connectivity index (χ4n) is 1.40. The number of hydrogen-bond donors (Lipinski definition) is 2. The van der Waals surface area contributed by atoms with Gasteiger partial charge in [0.15, 0.2) is 5.69 Å². The Balaban J connectivity index is 1.97. The van der Waals surface area contributed by atoms with Gasteiger partial charge in [-0.25, -0.2) is 0 Å². The van der Waals surface area contributed by atoms with Gasteiger partial charge in [0.2, 0.25) is 0 Å². The molecule has 7 nitrogen and oxygen atoms in total. The maximum Gasteiger partial charge on any atom is 0.343 e. The Labute approximate surface area is 112 Å². The number of aromatic nitrogens is 2. The van der Waals surface area contributed by atoms with Gasteiger partial charge in [-0.05, 0) is 22.6 Å². The number of nitrogens with zero attached hydrogens (tertiary/aromatic N) is 2. The zero-order valence-electron chi connectivity index (χ0n) is 9.59. The van der Waals surface area contributed by atoms with Gasteiger partial charge in [0.05, 0.1) is 6.07 Å². The van der Waals surface area contributed by atoms with E-state index >= 15 is 0 Å². The number of carbonyl (C=O) groups is 1. The number of aromatic amines is 1. The van der Waals surface area contributed by atoms with Gasteiger partial charge in [-0.2, -0.15) is 0 Å². The molecule has 1 aromatic heterocycles. The second-order valence-electron chi connectivity index (χ2n) is 3.70. The Bertz CT molecular complexity index is 609.